The Hall–Kier alpha value is -0.850. The molecular weight excluding hydrogens is 366 g/mol. The lowest BCUT2D eigenvalue weighted by Crippen LogP contribution is -2.54. The van der Waals surface area contributed by atoms with Crippen LogP contribution in [0, 0.1) is 23.7 Å². The molecule has 3 N–H and O–H groups in total. The molecular formula is C20H36ClN3O3. The van der Waals surface area contributed by atoms with Gasteiger partial charge in [-0.05, 0) is 57.3 Å². The van der Waals surface area contributed by atoms with Crippen LogP contribution in [-0.2, 0) is 14.3 Å². The monoisotopic (exact) mass is 401 g/mol. The van der Waals surface area contributed by atoms with Gasteiger partial charge in [-0.15, -0.1) is 12.4 Å². The van der Waals surface area contributed by atoms with Crippen molar-refractivity contribution < 1.29 is 14.3 Å². The zero-order valence-corrected chi connectivity index (χ0v) is 17.5. The van der Waals surface area contributed by atoms with Crippen LogP contribution in [-0.4, -0.2) is 55.6 Å². The highest BCUT2D eigenvalue weighted by Gasteiger charge is 2.43. The first-order valence-electron chi connectivity index (χ1n) is 10.3. The van der Waals surface area contributed by atoms with Gasteiger partial charge in [0, 0.05) is 38.2 Å². The highest BCUT2D eigenvalue weighted by Crippen LogP contribution is 2.43. The van der Waals surface area contributed by atoms with Gasteiger partial charge >= 0.3 is 0 Å². The standard InChI is InChI=1S/C20H35N3O3.ClH/c1-13-6-7-16(19(24)22-8-9-26-2)12-23(13)20(25)17-10-14-4-3-5-15(11-17)18(14)21;/h13-18H,3-12,21H2,1-2H3,(H,22,24);1H. The smallest absolute Gasteiger partial charge is 0.225 e. The Bertz CT molecular complexity index is 505. The fourth-order valence-corrected chi connectivity index (χ4v) is 5.27. The minimum absolute atomic E-state index is 0. The number of carbonyl (C=O) groups excluding carboxylic acids is 2. The maximum absolute atomic E-state index is 13.3. The molecule has 0 aromatic carbocycles. The predicted molar refractivity (Wildman–Crippen MR) is 108 cm³/mol. The molecule has 2 aliphatic carbocycles. The molecule has 2 amide bonds. The number of hydrogen-bond donors (Lipinski definition) is 2. The number of carbonyl (C=O) groups is 2. The molecule has 156 valence electrons. The largest absolute Gasteiger partial charge is 0.383 e. The first-order valence-corrected chi connectivity index (χ1v) is 10.3. The Morgan fingerprint density at radius 3 is 2.41 bits per heavy atom. The lowest BCUT2D eigenvalue weighted by Gasteiger charge is -2.46. The van der Waals surface area contributed by atoms with E-state index < -0.39 is 0 Å². The van der Waals surface area contributed by atoms with Gasteiger partial charge in [-0.2, -0.15) is 0 Å². The van der Waals surface area contributed by atoms with E-state index in [1.54, 1.807) is 7.11 Å². The van der Waals surface area contributed by atoms with Crippen LogP contribution >= 0.6 is 12.4 Å². The van der Waals surface area contributed by atoms with E-state index in [4.69, 9.17) is 10.5 Å². The summed E-state index contributed by atoms with van der Waals surface area (Å²) in [5.41, 5.74) is 6.38. The number of fused-ring (bicyclic) bond motifs is 2. The normalized spacial score (nSPS) is 35.9. The van der Waals surface area contributed by atoms with Crippen LogP contribution in [0.25, 0.3) is 0 Å². The highest BCUT2D eigenvalue weighted by atomic mass is 35.5. The molecule has 2 saturated carbocycles. The zero-order chi connectivity index (χ0) is 18.7. The van der Waals surface area contributed by atoms with Crippen molar-refractivity contribution in [3.8, 4) is 0 Å². The zero-order valence-electron chi connectivity index (χ0n) is 16.7. The first-order chi connectivity index (χ1) is 12.5. The van der Waals surface area contributed by atoms with Gasteiger partial charge in [0.2, 0.25) is 11.8 Å². The van der Waals surface area contributed by atoms with Crippen LogP contribution in [0.5, 0.6) is 0 Å². The van der Waals surface area contributed by atoms with Crippen molar-refractivity contribution in [3.05, 3.63) is 0 Å². The number of nitrogens with two attached hydrogens (primary N) is 1. The third-order valence-corrected chi connectivity index (χ3v) is 6.90. The molecule has 3 aliphatic rings. The summed E-state index contributed by atoms with van der Waals surface area (Å²) in [7, 11) is 1.63. The number of rotatable bonds is 5. The van der Waals surface area contributed by atoms with Gasteiger partial charge in [0.25, 0.3) is 0 Å². The molecule has 4 unspecified atom stereocenters. The summed E-state index contributed by atoms with van der Waals surface area (Å²) in [5, 5.41) is 2.93. The summed E-state index contributed by atoms with van der Waals surface area (Å²) in [6.45, 7) is 3.71. The molecule has 0 spiro atoms. The van der Waals surface area contributed by atoms with E-state index in [-0.39, 0.29) is 48.1 Å². The average Bonchev–Trinajstić information content (AvgIpc) is 2.61. The average molecular weight is 402 g/mol. The van der Waals surface area contributed by atoms with Crippen molar-refractivity contribution in [1.82, 2.24) is 10.2 Å². The van der Waals surface area contributed by atoms with E-state index in [1.807, 2.05) is 4.90 Å². The number of amides is 2. The van der Waals surface area contributed by atoms with Gasteiger partial charge in [0.15, 0.2) is 0 Å². The number of hydrogen-bond acceptors (Lipinski definition) is 4. The third kappa shape index (κ3) is 5.15. The number of ether oxygens (including phenoxy) is 1. The summed E-state index contributed by atoms with van der Waals surface area (Å²) < 4.78 is 4.99. The summed E-state index contributed by atoms with van der Waals surface area (Å²) in [6, 6.07) is 0.506. The number of methoxy groups -OCH3 is 1. The molecule has 3 rings (SSSR count). The summed E-state index contributed by atoms with van der Waals surface area (Å²) in [4.78, 5) is 27.7. The molecule has 1 saturated heterocycles. The molecule has 6 nitrogen and oxygen atoms in total. The minimum atomic E-state index is -0.0997. The van der Waals surface area contributed by atoms with E-state index in [1.165, 1.54) is 19.3 Å². The lowest BCUT2D eigenvalue weighted by atomic mass is 9.64. The molecule has 0 aromatic rings. The van der Waals surface area contributed by atoms with Crippen molar-refractivity contribution >= 4 is 24.2 Å². The second-order valence-electron chi connectivity index (χ2n) is 8.59. The van der Waals surface area contributed by atoms with Crippen LogP contribution in [0.2, 0.25) is 0 Å². The van der Waals surface area contributed by atoms with Gasteiger partial charge in [0.1, 0.15) is 0 Å². The van der Waals surface area contributed by atoms with Crippen LogP contribution < -0.4 is 11.1 Å². The molecule has 2 bridgehead atoms. The van der Waals surface area contributed by atoms with E-state index >= 15 is 0 Å². The second-order valence-corrected chi connectivity index (χ2v) is 8.59. The van der Waals surface area contributed by atoms with Crippen molar-refractivity contribution in [3.63, 3.8) is 0 Å². The molecule has 7 heteroatoms. The second kappa shape index (κ2) is 10.1. The molecule has 0 radical (unpaired) electrons. The van der Waals surface area contributed by atoms with E-state index in [0.717, 1.165) is 25.7 Å². The molecule has 4 atom stereocenters. The Labute approximate surface area is 169 Å². The minimum Gasteiger partial charge on any atom is -0.383 e. The quantitative estimate of drug-likeness (QED) is 0.689. The van der Waals surface area contributed by atoms with Crippen molar-refractivity contribution in [2.75, 3.05) is 26.8 Å². The Morgan fingerprint density at radius 1 is 1.11 bits per heavy atom. The number of piperidine rings is 1. The van der Waals surface area contributed by atoms with Crippen LogP contribution in [0.4, 0.5) is 0 Å². The van der Waals surface area contributed by atoms with Crippen molar-refractivity contribution in [2.45, 2.75) is 64.0 Å². The molecule has 3 fully saturated rings. The molecule has 1 aliphatic heterocycles. The maximum atomic E-state index is 13.3. The number of nitrogens with zero attached hydrogens (tertiary/aromatic N) is 1. The van der Waals surface area contributed by atoms with Gasteiger partial charge in [-0.1, -0.05) is 6.42 Å². The Kier molecular flexibility index (Phi) is 8.38. The molecule has 0 aromatic heterocycles. The van der Waals surface area contributed by atoms with Gasteiger partial charge in [0.05, 0.1) is 12.5 Å². The summed E-state index contributed by atoms with van der Waals surface area (Å²) >= 11 is 0. The molecule has 27 heavy (non-hydrogen) atoms. The SMILES string of the molecule is COCCNC(=O)C1CCC(C)N(C(=O)C2CC3CCCC(C2)C3N)C1.Cl. The summed E-state index contributed by atoms with van der Waals surface area (Å²) in [6.07, 6.45) is 7.21. The van der Waals surface area contributed by atoms with E-state index in [0.29, 0.717) is 31.5 Å². The fourth-order valence-electron chi connectivity index (χ4n) is 5.27. The fraction of sp³-hybridized carbons (Fsp3) is 0.900. The van der Waals surface area contributed by atoms with Crippen LogP contribution in [0.1, 0.15) is 51.9 Å². The number of likely N-dealkylation sites (tertiary alicyclic amines) is 1. The van der Waals surface area contributed by atoms with Crippen LogP contribution in [0.3, 0.4) is 0 Å². The maximum Gasteiger partial charge on any atom is 0.225 e. The third-order valence-electron chi connectivity index (χ3n) is 6.90. The topological polar surface area (TPSA) is 84.7 Å². The Morgan fingerprint density at radius 2 is 1.78 bits per heavy atom. The predicted octanol–water partition coefficient (Wildman–Crippen LogP) is 1.95. The van der Waals surface area contributed by atoms with E-state index in [9.17, 15) is 9.59 Å². The van der Waals surface area contributed by atoms with Crippen molar-refractivity contribution in [2.24, 2.45) is 29.4 Å². The summed E-state index contributed by atoms with van der Waals surface area (Å²) in [5.74, 6) is 1.32. The Balaban J connectivity index is 0.00000261. The van der Waals surface area contributed by atoms with Gasteiger partial charge < -0.3 is 20.7 Å². The van der Waals surface area contributed by atoms with Gasteiger partial charge in [-0.3, -0.25) is 9.59 Å². The van der Waals surface area contributed by atoms with Crippen LogP contribution in [0.15, 0.2) is 0 Å². The van der Waals surface area contributed by atoms with E-state index in [2.05, 4.69) is 12.2 Å². The highest BCUT2D eigenvalue weighted by molar-refractivity contribution is 5.85. The van der Waals surface area contributed by atoms with Gasteiger partial charge in [-0.25, -0.2) is 0 Å². The number of nitrogens with one attached hydrogen (secondary N) is 1. The lowest BCUT2D eigenvalue weighted by molar-refractivity contribution is -0.144. The molecule has 1 heterocycles. The first kappa shape index (κ1) is 22.4. The van der Waals surface area contributed by atoms with Crippen molar-refractivity contribution in [1.29, 1.82) is 0 Å². The number of halogens is 1.